The molecule has 0 fully saturated rings. The van der Waals surface area contributed by atoms with Crippen LogP contribution < -0.4 is 0 Å². The molecule has 14 heavy (non-hydrogen) atoms. The van der Waals surface area contributed by atoms with E-state index in [1.807, 2.05) is 0 Å². The van der Waals surface area contributed by atoms with E-state index >= 15 is 0 Å². The number of phenols is 1. The summed E-state index contributed by atoms with van der Waals surface area (Å²) in [5.41, 5.74) is -0.579. The number of halogens is 1. The van der Waals surface area contributed by atoms with E-state index < -0.39 is 17.7 Å². The van der Waals surface area contributed by atoms with Crippen molar-refractivity contribution >= 4 is 27.9 Å². The maximum absolute atomic E-state index is 10.6. The third-order valence-electron chi connectivity index (χ3n) is 1.52. The number of phenolic OH excluding ortho intramolecular Hbond substituents is 1. The van der Waals surface area contributed by atoms with Crippen LogP contribution in [0.25, 0.3) is 0 Å². The van der Waals surface area contributed by atoms with Gasteiger partial charge in [-0.2, -0.15) is 0 Å². The molecule has 0 saturated carbocycles. The van der Waals surface area contributed by atoms with E-state index in [2.05, 4.69) is 15.9 Å². The number of carboxylic acid groups (broad SMARTS) is 2. The van der Waals surface area contributed by atoms with Gasteiger partial charge in [0.05, 0.1) is 11.1 Å². The Kier molecular flexibility index (Phi) is 2.76. The molecule has 0 unspecified atom stereocenters. The second kappa shape index (κ2) is 3.67. The number of aromatic hydroxyl groups is 1. The van der Waals surface area contributed by atoms with Crippen LogP contribution in [0, 0.1) is 0 Å². The molecule has 0 aromatic heterocycles. The first-order valence-corrected chi connectivity index (χ1v) is 4.22. The molecule has 0 aliphatic carbocycles. The quantitative estimate of drug-likeness (QED) is 0.750. The lowest BCUT2D eigenvalue weighted by Gasteiger charge is -2.04. The molecule has 0 spiro atoms. The Bertz CT molecular complexity index is 377. The average Bonchev–Trinajstić information content (AvgIpc) is 2.07. The van der Waals surface area contributed by atoms with Crippen LogP contribution in [0.4, 0.5) is 0 Å². The number of hydrogen-bond donors (Lipinski definition) is 3. The van der Waals surface area contributed by atoms with Crippen molar-refractivity contribution in [1.82, 2.24) is 0 Å². The highest BCUT2D eigenvalue weighted by Crippen LogP contribution is 2.27. The normalized spacial score (nSPS) is 9.79. The zero-order valence-electron chi connectivity index (χ0n) is 6.69. The average molecular weight is 261 g/mol. The summed E-state index contributed by atoms with van der Waals surface area (Å²) in [7, 11) is 0. The molecular weight excluding hydrogens is 256 g/mol. The number of carbonyl (C=O) groups is 2. The molecule has 0 amide bonds. The van der Waals surface area contributed by atoms with Gasteiger partial charge in [0.2, 0.25) is 0 Å². The van der Waals surface area contributed by atoms with Crippen LogP contribution in [0.2, 0.25) is 0 Å². The summed E-state index contributed by atoms with van der Waals surface area (Å²) < 4.78 is -0.0599. The van der Waals surface area contributed by atoms with E-state index in [1.165, 1.54) is 0 Å². The maximum atomic E-state index is 10.6. The van der Waals surface area contributed by atoms with Gasteiger partial charge in [-0.3, -0.25) is 0 Å². The Morgan fingerprint density at radius 2 is 1.43 bits per heavy atom. The van der Waals surface area contributed by atoms with E-state index in [-0.39, 0.29) is 15.6 Å². The predicted molar refractivity (Wildman–Crippen MR) is 49.7 cm³/mol. The van der Waals surface area contributed by atoms with Gasteiger partial charge in [0.1, 0.15) is 5.75 Å². The number of rotatable bonds is 2. The largest absolute Gasteiger partial charge is 0.508 e. The van der Waals surface area contributed by atoms with E-state index in [4.69, 9.17) is 15.3 Å². The Hall–Kier alpha value is -1.56. The summed E-state index contributed by atoms with van der Waals surface area (Å²) in [6.07, 6.45) is 0. The lowest BCUT2D eigenvalue weighted by Crippen LogP contribution is -2.04. The molecule has 0 aliphatic heterocycles. The number of carboxylic acids is 2. The van der Waals surface area contributed by atoms with Crippen LogP contribution in [0.1, 0.15) is 20.7 Å². The van der Waals surface area contributed by atoms with Gasteiger partial charge in [-0.1, -0.05) is 0 Å². The SMILES string of the molecule is O=C(O)c1cc(O)cc(C(=O)O)c1Br. The van der Waals surface area contributed by atoms with E-state index in [9.17, 15) is 9.59 Å². The minimum Gasteiger partial charge on any atom is -0.508 e. The summed E-state index contributed by atoms with van der Waals surface area (Å²) in [4.78, 5) is 21.2. The summed E-state index contributed by atoms with van der Waals surface area (Å²) in [6, 6.07) is 1.94. The highest BCUT2D eigenvalue weighted by atomic mass is 79.9. The van der Waals surface area contributed by atoms with Crippen LogP contribution in [0.5, 0.6) is 5.75 Å². The lowest BCUT2D eigenvalue weighted by atomic mass is 10.1. The van der Waals surface area contributed by atoms with Crippen molar-refractivity contribution in [3.63, 3.8) is 0 Å². The predicted octanol–water partition coefficient (Wildman–Crippen LogP) is 1.55. The molecule has 0 aliphatic rings. The Morgan fingerprint density at radius 3 is 1.71 bits per heavy atom. The van der Waals surface area contributed by atoms with E-state index in [0.29, 0.717) is 0 Å². The molecule has 74 valence electrons. The molecule has 3 N–H and O–H groups in total. The van der Waals surface area contributed by atoms with Crippen molar-refractivity contribution in [1.29, 1.82) is 0 Å². The van der Waals surface area contributed by atoms with Crippen molar-refractivity contribution < 1.29 is 24.9 Å². The molecule has 0 bridgehead atoms. The summed E-state index contributed by atoms with van der Waals surface area (Å²) >= 11 is 2.84. The van der Waals surface area contributed by atoms with E-state index in [0.717, 1.165) is 12.1 Å². The van der Waals surface area contributed by atoms with Crippen LogP contribution >= 0.6 is 15.9 Å². The van der Waals surface area contributed by atoms with Crippen LogP contribution in [0.15, 0.2) is 16.6 Å². The highest BCUT2D eigenvalue weighted by molar-refractivity contribution is 9.10. The van der Waals surface area contributed by atoms with Crippen LogP contribution in [-0.2, 0) is 0 Å². The molecule has 0 atom stereocenters. The maximum Gasteiger partial charge on any atom is 0.337 e. The Morgan fingerprint density at radius 1 is 1.07 bits per heavy atom. The molecule has 5 nitrogen and oxygen atoms in total. The smallest absolute Gasteiger partial charge is 0.337 e. The highest BCUT2D eigenvalue weighted by Gasteiger charge is 2.17. The number of benzene rings is 1. The van der Waals surface area contributed by atoms with Crippen molar-refractivity contribution in [2.75, 3.05) is 0 Å². The van der Waals surface area contributed by atoms with Crippen molar-refractivity contribution in [3.8, 4) is 5.75 Å². The molecule has 0 saturated heterocycles. The summed E-state index contributed by atoms with van der Waals surface area (Å²) in [6.45, 7) is 0. The molecule has 6 heteroatoms. The van der Waals surface area contributed by atoms with Crippen LogP contribution in [0.3, 0.4) is 0 Å². The van der Waals surface area contributed by atoms with Gasteiger partial charge in [-0.05, 0) is 28.1 Å². The fourth-order valence-corrected chi connectivity index (χ4v) is 1.49. The minimum atomic E-state index is -1.31. The van der Waals surface area contributed by atoms with Gasteiger partial charge in [0.25, 0.3) is 0 Å². The lowest BCUT2D eigenvalue weighted by molar-refractivity contribution is 0.0695. The first kappa shape index (κ1) is 10.5. The molecule has 1 aromatic carbocycles. The third-order valence-corrected chi connectivity index (χ3v) is 2.37. The third kappa shape index (κ3) is 1.85. The fraction of sp³-hybridized carbons (Fsp3) is 0. The van der Waals surface area contributed by atoms with E-state index in [1.54, 1.807) is 0 Å². The van der Waals surface area contributed by atoms with Gasteiger partial charge < -0.3 is 15.3 Å². The summed E-state index contributed by atoms with van der Waals surface area (Å²) in [5.74, 6) is -3.02. The standard InChI is InChI=1S/C8H5BrO5/c9-6-4(7(11)12)1-3(10)2-5(6)8(13)14/h1-2,10H,(H,11,12)(H,13,14). The Labute approximate surface area is 86.7 Å². The summed E-state index contributed by atoms with van der Waals surface area (Å²) in [5, 5.41) is 26.4. The molecule has 1 rings (SSSR count). The molecule has 0 heterocycles. The number of hydrogen-bond acceptors (Lipinski definition) is 3. The first-order chi connectivity index (χ1) is 6.43. The van der Waals surface area contributed by atoms with Crippen molar-refractivity contribution in [3.05, 3.63) is 27.7 Å². The van der Waals surface area contributed by atoms with Crippen molar-refractivity contribution in [2.45, 2.75) is 0 Å². The topological polar surface area (TPSA) is 94.8 Å². The zero-order valence-corrected chi connectivity index (χ0v) is 8.28. The van der Waals surface area contributed by atoms with Gasteiger partial charge in [-0.25, -0.2) is 9.59 Å². The molecule has 1 aromatic rings. The van der Waals surface area contributed by atoms with Crippen LogP contribution in [-0.4, -0.2) is 27.3 Å². The van der Waals surface area contributed by atoms with Gasteiger partial charge in [-0.15, -0.1) is 0 Å². The van der Waals surface area contributed by atoms with Gasteiger partial charge in [0, 0.05) is 4.47 Å². The second-order valence-electron chi connectivity index (χ2n) is 2.47. The molecule has 0 radical (unpaired) electrons. The van der Waals surface area contributed by atoms with Crippen molar-refractivity contribution in [2.24, 2.45) is 0 Å². The monoisotopic (exact) mass is 260 g/mol. The minimum absolute atomic E-state index is 0.0599. The second-order valence-corrected chi connectivity index (χ2v) is 3.26. The Balaban J connectivity index is 3.47. The first-order valence-electron chi connectivity index (χ1n) is 3.42. The number of aromatic carboxylic acids is 2. The molecular formula is C8H5BrO5. The van der Waals surface area contributed by atoms with Gasteiger partial charge >= 0.3 is 11.9 Å². The van der Waals surface area contributed by atoms with Gasteiger partial charge in [0.15, 0.2) is 0 Å². The zero-order chi connectivity index (χ0) is 10.9. The fourth-order valence-electron chi connectivity index (χ4n) is 0.920.